The number of nitrogens with one attached hydrogen (secondary N) is 1. The molecule has 20 heavy (non-hydrogen) atoms. The summed E-state index contributed by atoms with van der Waals surface area (Å²) < 4.78 is 0. The standard InChI is InChI=1S/C16H24N2O2/c1-12-5-6-13(2)14(9-12)17-15(19)10-18-8-4-7-16(3,20)11-18/h5-6,9,20H,4,7-8,10-11H2,1-3H3,(H,17,19). The van der Waals surface area contributed by atoms with Crippen LogP contribution in [0.3, 0.4) is 0 Å². The third-order valence-corrected chi connectivity index (χ3v) is 3.79. The van der Waals surface area contributed by atoms with Crippen molar-refractivity contribution in [3.63, 3.8) is 0 Å². The van der Waals surface area contributed by atoms with Crippen LogP contribution in [0, 0.1) is 13.8 Å². The molecule has 0 bridgehead atoms. The highest BCUT2D eigenvalue weighted by atomic mass is 16.3. The predicted octanol–water partition coefficient (Wildman–Crippen LogP) is 2.09. The minimum atomic E-state index is -0.669. The maximum atomic E-state index is 12.1. The zero-order valence-corrected chi connectivity index (χ0v) is 12.6. The lowest BCUT2D eigenvalue weighted by molar-refractivity contribution is -0.118. The van der Waals surface area contributed by atoms with Gasteiger partial charge in [0, 0.05) is 12.2 Å². The second kappa shape index (κ2) is 5.94. The largest absolute Gasteiger partial charge is 0.389 e. The molecule has 0 aliphatic carbocycles. The number of likely N-dealkylation sites (tertiary alicyclic amines) is 1. The zero-order chi connectivity index (χ0) is 14.8. The average Bonchev–Trinajstić information content (AvgIpc) is 2.32. The summed E-state index contributed by atoms with van der Waals surface area (Å²) in [6.07, 6.45) is 1.74. The van der Waals surface area contributed by atoms with Crippen molar-refractivity contribution in [2.75, 3.05) is 25.0 Å². The summed E-state index contributed by atoms with van der Waals surface area (Å²) in [4.78, 5) is 14.1. The Kier molecular flexibility index (Phi) is 4.45. The van der Waals surface area contributed by atoms with Gasteiger partial charge < -0.3 is 10.4 Å². The summed E-state index contributed by atoms with van der Waals surface area (Å²) in [5.74, 6) is -0.0172. The van der Waals surface area contributed by atoms with Crippen LogP contribution in [-0.2, 0) is 4.79 Å². The van der Waals surface area contributed by atoms with E-state index < -0.39 is 5.60 Å². The Labute approximate surface area is 120 Å². The number of amides is 1. The monoisotopic (exact) mass is 276 g/mol. The van der Waals surface area contributed by atoms with Crippen LogP contribution in [-0.4, -0.2) is 41.1 Å². The Balaban J connectivity index is 1.94. The Morgan fingerprint density at radius 3 is 2.90 bits per heavy atom. The van der Waals surface area contributed by atoms with Crippen LogP contribution in [0.4, 0.5) is 5.69 Å². The normalized spacial score (nSPS) is 23.6. The van der Waals surface area contributed by atoms with E-state index >= 15 is 0 Å². The molecular formula is C16H24N2O2. The Hall–Kier alpha value is -1.39. The second-order valence-corrected chi connectivity index (χ2v) is 6.18. The molecule has 1 aromatic carbocycles. The van der Waals surface area contributed by atoms with Crippen molar-refractivity contribution in [3.05, 3.63) is 29.3 Å². The van der Waals surface area contributed by atoms with Crippen LogP contribution in [0.1, 0.15) is 30.9 Å². The highest BCUT2D eigenvalue weighted by Gasteiger charge is 2.29. The van der Waals surface area contributed by atoms with Gasteiger partial charge in [0.05, 0.1) is 12.1 Å². The molecule has 1 aliphatic heterocycles. The zero-order valence-electron chi connectivity index (χ0n) is 12.6. The average molecular weight is 276 g/mol. The van der Waals surface area contributed by atoms with E-state index in [9.17, 15) is 9.90 Å². The first-order valence-corrected chi connectivity index (χ1v) is 7.18. The molecule has 2 N–H and O–H groups in total. The Morgan fingerprint density at radius 2 is 2.20 bits per heavy atom. The minimum Gasteiger partial charge on any atom is -0.389 e. The molecule has 0 aromatic heterocycles. The summed E-state index contributed by atoms with van der Waals surface area (Å²) in [6, 6.07) is 6.03. The number of carbonyl (C=O) groups excluding carboxylic acids is 1. The van der Waals surface area contributed by atoms with Gasteiger partial charge in [-0.25, -0.2) is 0 Å². The maximum absolute atomic E-state index is 12.1. The molecule has 110 valence electrons. The van der Waals surface area contributed by atoms with Gasteiger partial charge in [-0.05, 0) is 57.4 Å². The topological polar surface area (TPSA) is 52.6 Å². The predicted molar refractivity (Wildman–Crippen MR) is 80.8 cm³/mol. The van der Waals surface area contributed by atoms with E-state index in [0.29, 0.717) is 13.1 Å². The van der Waals surface area contributed by atoms with Crippen LogP contribution >= 0.6 is 0 Å². The van der Waals surface area contributed by atoms with Crippen LogP contribution in [0.15, 0.2) is 18.2 Å². The number of anilines is 1. The number of nitrogens with zero attached hydrogens (tertiary/aromatic N) is 1. The van der Waals surface area contributed by atoms with Crippen molar-refractivity contribution < 1.29 is 9.90 Å². The first kappa shape index (κ1) is 15.0. The van der Waals surface area contributed by atoms with E-state index in [1.54, 1.807) is 0 Å². The fraction of sp³-hybridized carbons (Fsp3) is 0.562. The molecule has 4 nitrogen and oxygen atoms in total. The molecular weight excluding hydrogens is 252 g/mol. The quantitative estimate of drug-likeness (QED) is 0.889. The van der Waals surface area contributed by atoms with E-state index in [4.69, 9.17) is 0 Å². The molecule has 0 saturated carbocycles. The highest BCUT2D eigenvalue weighted by molar-refractivity contribution is 5.93. The molecule has 1 atom stereocenters. The summed E-state index contributed by atoms with van der Waals surface area (Å²) in [5, 5.41) is 13.0. The number of aliphatic hydroxyl groups is 1. The van der Waals surface area contributed by atoms with Gasteiger partial charge in [0.1, 0.15) is 0 Å². The Morgan fingerprint density at radius 1 is 1.45 bits per heavy atom. The summed E-state index contributed by atoms with van der Waals surface area (Å²) >= 11 is 0. The van der Waals surface area contributed by atoms with Gasteiger partial charge in [-0.3, -0.25) is 9.69 Å². The van der Waals surface area contributed by atoms with E-state index in [2.05, 4.69) is 5.32 Å². The molecule has 4 heteroatoms. The van der Waals surface area contributed by atoms with Gasteiger partial charge in [0.15, 0.2) is 0 Å². The van der Waals surface area contributed by atoms with E-state index in [1.165, 1.54) is 0 Å². The lowest BCUT2D eigenvalue weighted by atomic mass is 9.95. The van der Waals surface area contributed by atoms with Crippen molar-refractivity contribution in [1.82, 2.24) is 4.90 Å². The number of β-amino-alcohol motifs (C(OH)–C–C–N with tert-alkyl or cyclic N) is 1. The van der Waals surface area contributed by atoms with Gasteiger partial charge in [0.25, 0.3) is 0 Å². The van der Waals surface area contributed by atoms with Crippen molar-refractivity contribution >= 4 is 11.6 Å². The number of aryl methyl sites for hydroxylation is 2. The van der Waals surface area contributed by atoms with Crippen LogP contribution in [0.2, 0.25) is 0 Å². The summed E-state index contributed by atoms with van der Waals surface area (Å²) in [5.41, 5.74) is 2.40. The smallest absolute Gasteiger partial charge is 0.238 e. The maximum Gasteiger partial charge on any atom is 0.238 e. The fourth-order valence-electron chi connectivity index (χ4n) is 2.72. The molecule has 1 aliphatic rings. The van der Waals surface area contributed by atoms with E-state index in [1.807, 2.05) is 43.9 Å². The van der Waals surface area contributed by atoms with Crippen molar-refractivity contribution in [2.24, 2.45) is 0 Å². The molecule has 1 fully saturated rings. The second-order valence-electron chi connectivity index (χ2n) is 6.18. The minimum absolute atomic E-state index is 0.0172. The third-order valence-electron chi connectivity index (χ3n) is 3.79. The first-order chi connectivity index (χ1) is 9.35. The third kappa shape index (κ3) is 4.05. The van der Waals surface area contributed by atoms with Crippen molar-refractivity contribution in [2.45, 2.75) is 39.2 Å². The van der Waals surface area contributed by atoms with Gasteiger partial charge >= 0.3 is 0 Å². The molecule has 1 heterocycles. The number of hydrogen-bond donors (Lipinski definition) is 2. The molecule has 1 aromatic rings. The van der Waals surface area contributed by atoms with Crippen LogP contribution < -0.4 is 5.32 Å². The Bertz CT molecular complexity index is 497. The molecule has 0 spiro atoms. The summed E-state index contributed by atoms with van der Waals surface area (Å²) in [7, 11) is 0. The molecule has 1 unspecified atom stereocenters. The molecule has 1 amide bonds. The number of rotatable bonds is 3. The van der Waals surface area contributed by atoms with Crippen LogP contribution in [0.5, 0.6) is 0 Å². The molecule has 2 rings (SSSR count). The van der Waals surface area contributed by atoms with Gasteiger partial charge in [-0.15, -0.1) is 0 Å². The molecule has 1 saturated heterocycles. The van der Waals surface area contributed by atoms with E-state index in [-0.39, 0.29) is 5.91 Å². The van der Waals surface area contributed by atoms with Gasteiger partial charge in [-0.1, -0.05) is 12.1 Å². The number of carbonyl (C=O) groups is 1. The van der Waals surface area contributed by atoms with Crippen LogP contribution in [0.25, 0.3) is 0 Å². The van der Waals surface area contributed by atoms with Gasteiger partial charge in [0.2, 0.25) is 5.91 Å². The lowest BCUT2D eigenvalue weighted by Crippen LogP contribution is -2.48. The SMILES string of the molecule is Cc1ccc(C)c(NC(=O)CN2CCCC(C)(O)C2)c1. The lowest BCUT2D eigenvalue weighted by Gasteiger charge is -2.36. The van der Waals surface area contributed by atoms with E-state index in [0.717, 1.165) is 36.2 Å². The molecule has 0 radical (unpaired) electrons. The number of hydrogen-bond acceptors (Lipinski definition) is 3. The number of benzene rings is 1. The fourth-order valence-corrected chi connectivity index (χ4v) is 2.72. The highest BCUT2D eigenvalue weighted by Crippen LogP contribution is 2.20. The van der Waals surface area contributed by atoms with Crippen molar-refractivity contribution in [3.8, 4) is 0 Å². The van der Waals surface area contributed by atoms with Crippen molar-refractivity contribution in [1.29, 1.82) is 0 Å². The van der Waals surface area contributed by atoms with Gasteiger partial charge in [-0.2, -0.15) is 0 Å². The first-order valence-electron chi connectivity index (χ1n) is 7.18. The number of piperidine rings is 1. The summed E-state index contributed by atoms with van der Waals surface area (Å²) in [6.45, 7) is 7.60.